The van der Waals surface area contributed by atoms with Gasteiger partial charge in [0.1, 0.15) is 12.6 Å². The van der Waals surface area contributed by atoms with Gasteiger partial charge in [0.25, 0.3) is 10.0 Å². The lowest BCUT2D eigenvalue weighted by Gasteiger charge is -2.34. The van der Waals surface area contributed by atoms with Gasteiger partial charge in [-0.25, -0.2) is 8.42 Å². The Balaban J connectivity index is 1.80. The van der Waals surface area contributed by atoms with E-state index in [4.69, 9.17) is 0 Å². The van der Waals surface area contributed by atoms with E-state index in [9.17, 15) is 18.0 Å². The SMILES string of the molecule is Cc1ccccc1CN(C(=O)CN(c1cccc(Br)c1)S(=O)(=O)c1ccccc1)[C@H](Cc1ccccc1)C(=O)NCC(C)C. The minimum Gasteiger partial charge on any atom is -0.354 e. The molecule has 9 heteroatoms. The number of carbonyl (C=O) groups excluding carboxylic acids is 2. The first-order valence-electron chi connectivity index (χ1n) is 14.5. The maximum Gasteiger partial charge on any atom is 0.264 e. The van der Waals surface area contributed by atoms with Crippen LogP contribution in [-0.2, 0) is 32.6 Å². The Hall–Kier alpha value is -3.95. The minimum absolute atomic E-state index is 0.0636. The van der Waals surface area contributed by atoms with Crippen molar-refractivity contribution in [3.63, 3.8) is 0 Å². The number of hydrogen-bond donors (Lipinski definition) is 1. The van der Waals surface area contributed by atoms with Crippen LogP contribution in [0.1, 0.15) is 30.5 Å². The molecule has 0 aliphatic heterocycles. The quantitative estimate of drug-likeness (QED) is 0.179. The van der Waals surface area contributed by atoms with Gasteiger partial charge in [-0.15, -0.1) is 0 Å². The summed E-state index contributed by atoms with van der Waals surface area (Å²) >= 11 is 3.44. The highest BCUT2D eigenvalue weighted by molar-refractivity contribution is 9.10. The van der Waals surface area contributed by atoms with Gasteiger partial charge in [0.05, 0.1) is 10.6 Å². The van der Waals surface area contributed by atoms with E-state index in [1.54, 1.807) is 42.5 Å². The van der Waals surface area contributed by atoms with Gasteiger partial charge < -0.3 is 10.2 Å². The van der Waals surface area contributed by atoms with Gasteiger partial charge in [-0.05, 0) is 59.9 Å². The highest BCUT2D eigenvalue weighted by Gasteiger charge is 2.34. The molecule has 0 aromatic heterocycles. The van der Waals surface area contributed by atoms with Gasteiger partial charge in [0, 0.05) is 24.0 Å². The van der Waals surface area contributed by atoms with Gasteiger partial charge in [0.2, 0.25) is 11.8 Å². The molecule has 1 atom stereocenters. The molecule has 0 aliphatic rings. The molecule has 0 saturated heterocycles. The van der Waals surface area contributed by atoms with Crippen molar-refractivity contribution in [1.82, 2.24) is 10.2 Å². The summed E-state index contributed by atoms with van der Waals surface area (Å²) in [6.07, 6.45) is 0.269. The topological polar surface area (TPSA) is 86.8 Å². The highest BCUT2D eigenvalue weighted by atomic mass is 79.9. The van der Waals surface area contributed by atoms with Crippen molar-refractivity contribution in [3.05, 3.63) is 130 Å². The zero-order chi connectivity index (χ0) is 31.7. The Bertz CT molecular complexity index is 1660. The van der Waals surface area contributed by atoms with E-state index < -0.39 is 28.5 Å². The van der Waals surface area contributed by atoms with Crippen molar-refractivity contribution in [2.75, 3.05) is 17.4 Å². The second-order valence-corrected chi connectivity index (χ2v) is 13.9. The Morgan fingerprint density at radius 1 is 0.841 bits per heavy atom. The third-order valence-electron chi connectivity index (χ3n) is 7.26. The van der Waals surface area contributed by atoms with E-state index in [1.807, 2.05) is 75.4 Å². The molecule has 4 rings (SSSR count). The molecule has 0 bridgehead atoms. The fourth-order valence-electron chi connectivity index (χ4n) is 4.83. The molecule has 7 nitrogen and oxygen atoms in total. The molecule has 0 radical (unpaired) electrons. The van der Waals surface area contributed by atoms with E-state index in [1.165, 1.54) is 17.0 Å². The van der Waals surface area contributed by atoms with Crippen LogP contribution in [0.2, 0.25) is 0 Å². The van der Waals surface area contributed by atoms with Crippen LogP contribution in [0.5, 0.6) is 0 Å². The smallest absolute Gasteiger partial charge is 0.264 e. The number of benzene rings is 4. The first kappa shape index (κ1) is 33.0. The number of aryl methyl sites for hydroxylation is 1. The molecule has 0 spiro atoms. The summed E-state index contributed by atoms with van der Waals surface area (Å²) in [6.45, 7) is 6.05. The van der Waals surface area contributed by atoms with Crippen molar-refractivity contribution in [3.8, 4) is 0 Å². The fourth-order valence-corrected chi connectivity index (χ4v) is 6.64. The second-order valence-electron chi connectivity index (χ2n) is 11.1. The molecular weight excluding hydrogens is 638 g/mol. The third kappa shape index (κ3) is 8.57. The normalized spacial score (nSPS) is 12.0. The van der Waals surface area contributed by atoms with Crippen molar-refractivity contribution in [1.29, 1.82) is 0 Å². The maximum absolute atomic E-state index is 14.5. The second kappa shape index (κ2) is 15.2. The number of rotatable bonds is 13. The van der Waals surface area contributed by atoms with E-state index in [-0.39, 0.29) is 29.7 Å². The van der Waals surface area contributed by atoms with Crippen LogP contribution in [0.15, 0.2) is 119 Å². The third-order valence-corrected chi connectivity index (χ3v) is 9.55. The maximum atomic E-state index is 14.5. The molecule has 1 N–H and O–H groups in total. The van der Waals surface area contributed by atoms with Gasteiger partial charge in [-0.3, -0.25) is 13.9 Å². The van der Waals surface area contributed by atoms with Crippen LogP contribution >= 0.6 is 15.9 Å². The standard InChI is InChI=1S/C35H38BrN3O4S/c1-26(2)23-37-35(41)33(21-28-14-6-4-7-15-28)38(24-29-16-11-10-13-27(29)3)34(40)25-39(31-18-12-17-30(36)22-31)44(42,43)32-19-8-5-9-20-32/h4-20,22,26,33H,21,23-25H2,1-3H3,(H,37,41)/t33-/m1/s1. The number of halogens is 1. The van der Waals surface area contributed by atoms with Crippen LogP contribution < -0.4 is 9.62 Å². The summed E-state index contributed by atoms with van der Waals surface area (Å²) in [4.78, 5) is 29.9. The molecule has 44 heavy (non-hydrogen) atoms. The largest absolute Gasteiger partial charge is 0.354 e. The summed E-state index contributed by atoms with van der Waals surface area (Å²) in [7, 11) is -4.14. The van der Waals surface area contributed by atoms with Crippen LogP contribution in [0.4, 0.5) is 5.69 Å². The Kier molecular flexibility index (Phi) is 11.4. The molecule has 230 valence electrons. The van der Waals surface area contributed by atoms with Gasteiger partial charge in [-0.1, -0.05) is 109 Å². The van der Waals surface area contributed by atoms with Gasteiger partial charge >= 0.3 is 0 Å². The van der Waals surface area contributed by atoms with E-state index >= 15 is 0 Å². The molecule has 2 amide bonds. The monoisotopic (exact) mass is 675 g/mol. The average Bonchev–Trinajstić information content (AvgIpc) is 3.02. The first-order chi connectivity index (χ1) is 21.1. The predicted molar refractivity (Wildman–Crippen MR) is 179 cm³/mol. The van der Waals surface area contributed by atoms with Crippen molar-refractivity contribution in [2.24, 2.45) is 5.92 Å². The van der Waals surface area contributed by atoms with Crippen molar-refractivity contribution in [2.45, 2.75) is 44.7 Å². The Morgan fingerprint density at radius 2 is 1.48 bits per heavy atom. The predicted octanol–water partition coefficient (Wildman–Crippen LogP) is 6.37. The van der Waals surface area contributed by atoms with Crippen LogP contribution in [-0.4, -0.2) is 44.3 Å². The molecule has 0 fully saturated rings. The summed E-state index contributed by atoms with van der Waals surface area (Å²) in [6, 6.07) is 31.2. The molecule has 0 unspecified atom stereocenters. The molecule has 0 heterocycles. The van der Waals surface area contributed by atoms with E-state index in [2.05, 4.69) is 21.2 Å². The van der Waals surface area contributed by atoms with Crippen molar-refractivity contribution < 1.29 is 18.0 Å². The van der Waals surface area contributed by atoms with Crippen LogP contribution in [0.3, 0.4) is 0 Å². The van der Waals surface area contributed by atoms with E-state index in [0.29, 0.717) is 16.7 Å². The zero-order valence-electron chi connectivity index (χ0n) is 25.2. The molecule has 4 aromatic carbocycles. The van der Waals surface area contributed by atoms with Gasteiger partial charge in [-0.2, -0.15) is 0 Å². The highest BCUT2D eigenvalue weighted by Crippen LogP contribution is 2.27. The minimum atomic E-state index is -4.14. The molecule has 0 aliphatic carbocycles. The number of amides is 2. The molecular formula is C35H38BrN3O4S. The number of anilines is 1. The number of sulfonamides is 1. The number of nitrogens with zero attached hydrogens (tertiary/aromatic N) is 2. The molecule has 4 aromatic rings. The number of nitrogens with one attached hydrogen (secondary N) is 1. The lowest BCUT2D eigenvalue weighted by atomic mass is 10.0. The summed E-state index contributed by atoms with van der Waals surface area (Å²) < 4.78 is 29.9. The summed E-state index contributed by atoms with van der Waals surface area (Å²) in [5.41, 5.74) is 3.06. The van der Waals surface area contributed by atoms with E-state index in [0.717, 1.165) is 21.0 Å². The van der Waals surface area contributed by atoms with Crippen LogP contribution in [0.25, 0.3) is 0 Å². The molecule has 0 saturated carbocycles. The average molecular weight is 677 g/mol. The first-order valence-corrected chi connectivity index (χ1v) is 16.8. The lowest BCUT2D eigenvalue weighted by molar-refractivity contribution is -0.140. The fraction of sp³-hybridized carbons (Fsp3) is 0.257. The van der Waals surface area contributed by atoms with Crippen LogP contribution in [0, 0.1) is 12.8 Å². The Morgan fingerprint density at radius 3 is 2.11 bits per heavy atom. The summed E-state index contributed by atoms with van der Waals surface area (Å²) in [5.74, 6) is -0.572. The van der Waals surface area contributed by atoms with Gasteiger partial charge in [0.15, 0.2) is 0 Å². The lowest BCUT2D eigenvalue weighted by Crippen LogP contribution is -2.53. The van der Waals surface area contributed by atoms with Crippen molar-refractivity contribution >= 4 is 43.5 Å². The number of hydrogen-bond acceptors (Lipinski definition) is 4. The number of carbonyl (C=O) groups is 2. The summed E-state index contributed by atoms with van der Waals surface area (Å²) in [5, 5.41) is 3.02. The Labute approximate surface area is 269 Å². The zero-order valence-corrected chi connectivity index (χ0v) is 27.6.